The number of nitrogens with two attached hydrogens (primary N) is 1. The van der Waals surface area contributed by atoms with Gasteiger partial charge in [0.1, 0.15) is 11.9 Å². The van der Waals surface area contributed by atoms with E-state index in [1.807, 2.05) is 0 Å². The minimum Gasteiger partial charge on any atom is -0.480 e. The number of anilines is 1. The summed E-state index contributed by atoms with van der Waals surface area (Å²) in [6, 6.07) is 4.08. The van der Waals surface area contributed by atoms with Gasteiger partial charge >= 0.3 is 5.97 Å². The Hall–Kier alpha value is -2.19. The predicted octanol–water partition coefficient (Wildman–Crippen LogP) is 1.93. The van der Waals surface area contributed by atoms with Gasteiger partial charge in [0.05, 0.1) is 0 Å². The first kappa shape index (κ1) is 23.5. The van der Waals surface area contributed by atoms with Crippen LogP contribution in [0.1, 0.15) is 62.6 Å². The molecule has 172 valence electrons. The molecule has 3 rings (SSSR count). The molecule has 31 heavy (non-hydrogen) atoms. The highest BCUT2D eigenvalue weighted by molar-refractivity contribution is 5.83. The first-order valence-corrected chi connectivity index (χ1v) is 11.8. The van der Waals surface area contributed by atoms with Gasteiger partial charge in [0, 0.05) is 31.2 Å². The maximum Gasteiger partial charge on any atom is 0.326 e. The maximum atomic E-state index is 11.9. The van der Waals surface area contributed by atoms with Crippen LogP contribution in [0, 0.1) is 0 Å². The van der Waals surface area contributed by atoms with Gasteiger partial charge in [-0.3, -0.25) is 4.79 Å². The van der Waals surface area contributed by atoms with Crippen LogP contribution in [-0.4, -0.2) is 65.1 Å². The third-order valence-corrected chi connectivity index (χ3v) is 6.09. The highest BCUT2D eigenvalue weighted by Gasteiger charge is 2.30. The van der Waals surface area contributed by atoms with Crippen molar-refractivity contribution < 1.29 is 14.7 Å². The maximum absolute atomic E-state index is 11.9. The zero-order valence-corrected chi connectivity index (χ0v) is 18.4. The summed E-state index contributed by atoms with van der Waals surface area (Å²) in [6.45, 7) is 3.09. The topological polar surface area (TPSA) is 121 Å². The zero-order chi connectivity index (χ0) is 22.1. The number of aryl methyl sites for hydroxylation is 2. The number of amides is 1. The van der Waals surface area contributed by atoms with E-state index < -0.39 is 12.0 Å². The number of carboxylic acids is 1. The average molecular weight is 432 g/mol. The molecule has 1 unspecified atom stereocenters. The number of pyridine rings is 1. The van der Waals surface area contributed by atoms with E-state index in [9.17, 15) is 14.7 Å². The van der Waals surface area contributed by atoms with Crippen LogP contribution in [0.25, 0.3) is 0 Å². The van der Waals surface area contributed by atoms with Crippen molar-refractivity contribution in [2.45, 2.75) is 76.3 Å². The summed E-state index contributed by atoms with van der Waals surface area (Å²) in [5.41, 5.74) is 7.88. The Morgan fingerprint density at radius 2 is 2.10 bits per heavy atom. The molecular formula is C23H37N5O3. The van der Waals surface area contributed by atoms with Crippen molar-refractivity contribution in [1.82, 2.24) is 15.2 Å². The molecule has 0 aromatic carbocycles. The molecule has 1 amide bonds. The average Bonchev–Trinajstić information content (AvgIpc) is 3.61. The lowest BCUT2D eigenvalue weighted by Crippen LogP contribution is -2.43. The van der Waals surface area contributed by atoms with Gasteiger partial charge in [-0.1, -0.05) is 6.07 Å². The lowest BCUT2D eigenvalue weighted by molar-refractivity contribution is -0.142. The monoisotopic (exact) mass is 431 g/mol. The van der Waals surface area contributed by atoms with Gasteiger partial charge in [-0.15, -0.1) is 0 Å². The smallest absolute Gasteiger partial charge is 0.326 e. The van der Waals surface area contributed by atoms with Crippen LogP contribution in [0.4, 0.5) is 5.82 Å². The summed E-state index contributed by atoms with van der Waals surface area (Å²) in [7, 11) is 0. The first-order chi connectivity index (χ1) is 15.1. The number of hydrogen-bond donors (Lipinski definition) is 4. The number of carbonyl (C=O) groups excluding carboxylic acids is 1. The molecule has 1 atom stereocenters. The van der Waals surface area contributed by atoms with E-state index in [0.29, 0.717) is 32.0 Å². The number of carboxylic acid groups (broad SMARTS) is 1. The van der Waals surface area contributed by atoms with E-state index >= 15 is 0 Å². The highest BCUT2D eigenvalue weighted by Crippen LogP contribution is 2.27. The molecule has 0 saturated heterocycles. The van der Waals surface area contributed by atoms with Gasteiger partial charge in [0.2, 0.25) is 5.91 Å². The zero-order valence-electron chi connectivity index (χ0n) is 18.4. The van der Waals surface area contributed by atoms with E-state index in [-0.39, 0.29) is 12.3 Å². The molecule has 0 bridgehead atoms. The number of rotatable bonds is 14. The molecule has 2 aliphatic rings. The quantitative estimate of drug-likeness (QED) is 0.332. The van der Waals surface area contributed by atoms with E-state index in [1.165, 1.54) is 24.8 Å². The Labute approximate surface area is 185 Å². The first-order valence-electron chi connectivity index (χ1n) is 11.8. The van der Waals surface area contributed by atoms with Gasteiger partial charge < -0.3 is 26.4 Å². The van der Waals surface area contributed by atoms with Crippen LogP contribution >= 0.6 is 0 Å². The minimum absolute atomic E-state index is 0.233. The Balaban J connectivity index is 1.40. The van der Waals surface area contributed by atoms with Crippen LogP contribution < -0.4 is 16.4 Å². The second kappa shape index (κ2) is 12.0. The van der Waals surface area contributed by atoms with Gasteiger partial charge in [-0.25, -0.2) is 9.78 Å². The van der Waals surface area contributed by atoms with Crippen molar-refractivity contribution in [2.75, 3.05) is 31.5 Å². The molecular weight excluding hydrogens is 394 g/mol. The number of hydrogen-bond acceptors (Lipinski definition) is 6. The molecule has 0 spiro atoms. The van der Waals surface area contributed by atoms with Gasteiger partial charge in [0.25, 0.3) is 0 Å². The fraction of sp³-hybridized carbons (Fsp3) is 0.696. The largest absolute Gasteiger partial charge is 0.480 e. The van der Waals surface area contributed by atoms with Crippen LogP contribution in [-0.2, 0) is 22.4 Å². The number of nitrogens with zero attached hydrogens (tertiary/aromatic N) is 2. The molecule has 1 aliphatic carbocycles. The Morgan fingerprint density at radius 3 is 2.84 bits per heavy atom. The van der Waals surface area contributed by atoms with E-state index in [4.69, 9.17) is 10.7 Å². The third-order valence-electron chi connectivity index (χ3n) is 6.09. The van der Waals surface area contributed by atoms with E-state index in [1.54, 1.807) is 0 Å². The van der Waals surface area contributed by atoms with Crippen molar-refractivity contribution in [3.63, 3.8) is 0 Å². The second-order valence-electron chi connectivity index (χ2n) is 8.70. The van der Waals surface area contributed by atoms with Crippen molar-refractivity contribution in [3.8, 4) is 0 Å². The van der Waals surface area contributed by atoms with Crippen molar-refractivity contribution >= 4 is 17.7 Å². The minimum atomic E-state index is -0.969. The number of unbranched alkanes of at least 4 members (excludes halogenated alkanes) is 1. The SMILES string of the molecule is NCCCC(=O)NC(CCN(CCCCc1ccc2c(n1)NCCC2)C1CC1)C(=O)O. The third kappa shape index (κ3) is 7.78. The summed E-state index contributed by atoms with van der Waals surface area (Å²) in [4.78, 5) is 30.6. The fourth-order valence-corrected chi connectivity index (χ4v) is 4.13. The summed E-state index contributed by atoms with van der Waals surface area (Å²) in [5.74, 6) is -0.150. The van der Waals surface area contributed by atoms with E-state index in [2.05, 4.69) is 27.7 Å². The van der Waals surface area contributed by atoms with Gasteiger partial charge in [-0.2, -0.15) is 0 Å². The predicted molar refractivity (Wildman–Crippen MR) is 121 cm³/mol. The van der Waals surface area contributed by atoms with Crippen molar-refractivity contribution in [2.24, 2.45) is 5.73 Å². The Bertz CT molecular complexity index is 738. The van der Waals surface area contributed by atoms with Gasteiger partial charge in [0.15, 0.2) is 0 Å². The number of fused-ring (bicyclic) bond motifs is 1. The molecule has 0 radical (unpaired) electrons. The summed E-state index contributed by atoms with van der Waals surface area (Å²) < 4.78 is 0. The molecule has 1 aliphatic heterocycles. The van der Waals surface area contributed by atoms with Crippen LogP contribution in [0.15, 0.2) is 12.1 Å². The Morgan fingerprint density at radius 1 is 1.26 bits per heavy atom. The van der Waals surface area contributed by atoms with Crippen molar-refractivity contribution in [3.05, 3.63) is 23.4 Å². The van der Waals surface area contributed by atoms with Gasteiger partial charge in [-0.05, 0) is 82.5 Å². The molecule has 2 heterocycles. The van der Waals surface area contributed by atoms with Crippen molar-refractivity contribution in [1.29, 1.82) is 0 Å². The number of carbonyl (C=O) groups is 2. The molecule has 8 nitrogen and oxygen atoms in total. The van der Waals surface area contributed by atoms with Crippen LogP contribution in [0.5, 0.6) is 0 Å². The summed E-state index contributed by atoms with van der Waals surface area (Å²) >= 11 is 0. The lowest BCUT2D eigenvalue weighted by Gasteiger charge is -2.24. The normalized spacial score (nSPS) is 16.5. The number of aliphatic carboxylic acids is 1. The summed E-state index contributed by atoms with van der Waals surface area (Å²) in [6.07, 6.45) is 9.00. The van der Waals surface area contributed by atoms with Crippen LogP contribution in [0.2, 0.25) is 0 Å². The molecule has 1 fully saturated rings. The highest BCUT2D eigenvalue weighted by atomic mass is 16.4. The standard InChI is InChI=1S/C23H37N5O3/c24-13-3-7-21(29)27-20(23(30)31)12-16-28(19-10-11-19)15-2-1-6-18-9-8-17-5-4-14-25-22(17)26-18/h8-9,19-20H,1-7,10-16,24H2,(H,25,26)(H,27,29)(H,30,31). The van der Waals surface area contributed by atoms with E-state index in [0.717, 1.165) is 50.3 Å². The number of aromatic nitrogens is 1. The molecule has 8 heteroatoms. The molecule has 1 saturated carbocycles. The second-order valence-corrected chi connectivity index (χ2v) is 8.70. The Kier molecular flexibility index (Phi) is 9.09. The summed E-state index contributed by atoms with van der Waals surface area (Å²) in [5, 5.41) is 15.5. The van der Waals surface area contributed by atoms with Crippen LogP contribution in [0.3, 0.4) is 0 Å². The lowest BCUT2D eigenvalue weighted by atomic mass is 10.1. The molecule has 1 aromatic heterocycles. The molecule has 5 N–H and O–H groups in total. The number of nitrogens with one attached hydrogen (secondary N) is 2. The molecule has 1 aromatic rings. The fourth-order valence-electron chi connectivity index (χ4n) is 4.13.